The van der Waals surface area contributed by atoms with Crippen molar-refractivity contribution in [1.29, 1.82) is 0 Å². The molecule has 1 aromatic rings. The van der Waals surface area contributed by atoms with E-state index in [1.54, 1.807) is 13.0 Å². The minimum Gasteiger partial charge on any atom is -0.504 e. The number of hydrogen-bond donors (Lipinski definition) is 3. The lowest BCUT2D eigenvalue weighted by Crippen LogP contribution is -2.62. The number of phenolic OH excluding ortho intramolecular Hbond substituents is 2. The van der Waals surface area contributed by atoms with Crippen LogP contribution in [0.4, 0.5) is 0 Å². The maximum absolute atomic E-state index is 14.1. The van der Waals surface area contributed by atoms with Crippen molar-refractivity contribution >= 4 is 13.6 Å². The van der Waals surface area contributed by atoms with Crippen LogP contribution in [0.3, 0.4) is 0 Å². The molecule has 1 unspecified atom stereocenters. The van der Waals surface area contributed by atoms with E-state index in [0.29, 0.717) is 17.0 Å². The van der Waals surface area contributed by atoms with Gasteiger partial charge in [0, 0.05) is 19.6 Å². The van der Waals surface area contributed by atoms with Gasteiger partial charge in [-0.25, -0.2) is 0 Å². The van der Waals surface area contributed by atoms with Crippen molar-refractivity contribution < 1.29 is 33.7 Å². The summed E-state index contributed by atoms with van der Waals surface area (Å²) in [6.45, 7) is 13.3. The molecule has 3 N–H and O–H groups in total. The van der Waals surface area contributed by atoms with Crippen LogP contribution in [0.5, 0.6) is 11.5 Å². The number of aromatic hydroxyl groups is 2. The summed E-state index contributed by atoms with van der Waals surface area (Å²) in [5, 5.41) is 31.3. The highest BCUT2D eigenvalue weighted by atomic mass is 31.2. The van der Waals surface area contributed by atoms with Crippen molar-refractivity contribution in [2.75, 3.05) is 14.2 Å². The number of carboxylic acid groups (broad SMARTS) is 1. The summed E-state index contributed by atoms with van der Waals surface area (Å²) in [5.74, 6) is -0.765. The summed E-state index contributed by atoms with van der Waals surface area (Å²) in [6, 6.07) is 1.66. The van der Waals surface area contributed by atoms with Gasteiger partial charge in [-0.1, -0.05) is 46.3 Å². The van der Waals surface area contributed by atoms with E-state index >= 15 is 0 Å². The Hall–Kier alpha value is -1.82. The fourth-order valence-corrected chi connectivity index (χ4v) is 11.4. The van der Waals surface area contributed by atoms with Gasteiger partial charge in [0.1, 0.15) is 5.66 Å². The van der Waals surface area contributed by atoms with E-state index < -0.39 is 24.6 Å². The number of rotatable bonds is 5. The van der Waals surface area contributed by atoms with Gasteiger partial charge in [0.15, 0.2) is 11.5 Å². The molecule has 3 fully saturated rings. The Balaban J connectivity index is 1.72. The first-order valence-electron chi connectivity index (χ1n) is 14.7. The maximum Gasteiger partial charge on any atom is 0.341 e. The minimum atomic E-state index is -3.66. The highest BCUT2D eigenvalue weighted by Crippen LogP contribution is 2.77. The molecule has 7 nitrogen and oxygen atoms in total. The van der Waals surface area contributed by atoms with Gasteiger partial charge in [0.25, 0.3) is 0 Å². The molecule has 40 heavy (non-hydrogen) atoms. The molecule has 0 bridgehead atoms. The summed E-state index contributed by atoms with van der Waals surface area (Å²) in [6.07, 6.45) is 8.97. The zero-order valence-electron chi connectivity index (χ0n) is 25.4. The van der Waals surface area contributed by atoms with E-state index in [0.717, 1.165) is 50.5 Å². The van der Waals surface area contributed by atoms with Crippen LogP contribution in [0.1, 0.15) is 108 Å². The molecular weight excluding hydrogens is 527 g/mol. The fraction of sp³-hybridized carbons (Fsp3) is 0.719. The first-order chi connectivity index (χ1) is 18.4. The SMILES string of the molecule is COP(=O)(OC)C1C=C2[C@@](C)(CC[C@@]3(C)[C@@H]4C[C@](C)(CC(=O)O)CC[C@]4(C)CC[C@]23C)c2cc(O)c(O)c(C)c21. The lowest BCUT2D eigenvalue weighted by Gasteiger charge is -2.70. The van der Waals surface area contributed by atoms with Gasteiger partial charge >= 0.3 is 13.6 Å². The Kier molecular flexibility index (Phi) is 6.74. The number of carboxylic acids is 1. The van der Waals surface area contributed by atoms with Crippen molar-refractivity contribution in [2.24, 2.45) is 27.6 Å². The summed E-state index contributed by atoms with van der Waals surface area (Å²) < 4.78 is 25.3. The molecule has 0 heterocycles. The molecular formula is C32H47O7P. The molecule has 0 radical (unpaired) electrons. The first kappa shape index (κ1) is 29.7. The van der Waals surface area contributed by atoms with E-state index in [2.05, 4.69) is 40.7 Å². The van der Waals surface area contributed by atoms with Gasteiger partial charge in [0.05, 0.1) is 6.42 Å². The normalized spacial score (nSPS) is 40.8. The second-order valence-electron chi connectivity index (χ2n) is 14.6. The number of fused-ring (bicyclic) bond motifs is 7. The number of allylic oxidation sites excluding steroid dienone is 2. The lowest BCUT2D eigenvalue weighted by atomic mass is 9.34. The summed E-state index contributed by atoms with van der Waals surface area (Å²) >= 11 is 0. The number of carbonyl (C=O) groups is 1. The smallest absolute Gasteiger partial charge is 0.341 e. The Labute approximate surface area is 238 Å². The Bertz CT molecular complexity index is 1330. The van der Waals surface area contributed by atoms with Crippen LogP contribution in [0, 0.1) is 34.5 Å². The topological polar surface area (TPSA) is 113 Å². The predicted molar refractivity (Wildman–Crippen MR) is 155 cm³/mol. The van der Waals surface area contributed by atoms with Crippen molar-refractivity contribution in [3.63, 3.8) is 0 Å². The second-order valence-corrected chi connectivity index (χ2v) is 17.0. The zero-order valence-corrected chi connectivity index (χ0v) is 26.3. The average molecular weight is 575 g/mol. The van der Waals surface area contributed by atoms with Crippen molar-refractivity contribution in [3.8, 4) is 11.5 Å². The van der Waals surface area contributed by atoms with Crippen LogP contribution in [0.25, 0.3) is 0 Å². The largest absolute Gasteiger partial charge is 0.504 e. The molecule has 0 spiro atoms. The van der Waals surface area contributed by atoms with Crippen molar-refractivity contribution in [3.05, 3.63) is 34.4 Å². The molecule has 0 amide bonds. The molecule has 4 aliphatic carbocycles. The summed E-state index contributed by atoms with van der Waals surface area (Å²) in [7, 11) is -0.859. The van der Waals surface area contributed by atoms with Crippen LogP contribution in [-0.4, -0.2) is 35.5 Å². The third-order valence-electron chi connectivity index (χ3n) is 12.6. The third kappa shape index (κ3) is 3.83. The quantitative estimate of drug-likeness (QED) is 0.185. The van der Waals surface area contributed by atoms with Crippen LogP contribution in [0.15, 0.2) is 17.7 Å². The van der Waals surface area contributed by atoms with Crippen LogP contribution in [0.2, 0.25) is 0 Å². The maximum atomic E-state index is 14.1. The Morgan fingerprint density at radius 3 is 2.23 bits per heavy atom. The molecule has 4 aliphatic rings. The number of phenols is 2. The second kappa shape index (κ2) is 9.09. The van der Waals surface area contributed by atoms with E-state index in [1.165, 1.54) is 19.8 Å². The molecule has 0 aliphatic heterocycles. The monoisotopic (exact) mass is 574 g/mol. The molecule has 1 aromatic carbocycles. The van der Waals surface area contributed by atoms with E-state index in [-0.39, 0.29) is 39.6 Å². The molecule has 0 aromatic heterocycles. The van der Waals surface area contributed by atoms with Gasteiger partial charge in [-0.05, 0) is 102 Å². The van der Waals surface area contributed by atoms with Crippen LogP contribution >= 0.6 is 7.60 Å². The third-order valence-corrected chi connectivity index (χ3v) is 14.7. The van der Waals surface area contributed by atoms with Gasteiger partial charge in [-0.3, -0.25) is 9.36 Å². The Morgan fingerprint density at radius 1 is 1.00 bits per heavy atom. The van der Waals surface area contributed by atoms with Crippen LogP contribution < -0.4 is 0 Å². The summed E-state index contributed by atoms with van der Waals surface area (Å²) in [5.41, 5.74) is 1.69. The number of hydrogen-bond acceptors (Lipinski definition) is 6. The zero-order chi connectivity index (χ0) is 29.7. The highest BCUT2D eigenvalue weighted by molar-refractivity contribution is 7.54. The summed E-state index contributed by atoms with van der Waals surface area (Å²) in [4.78, 5) is 11.9. The fourth-order valence-electron chi connectivity index (χ4n) is 9.86. The van der Waals surface area contributed by atoms with E-state index in [9.17, 15) is 24.7 Å². The standard InChI is InChI=1S/C32H47O7P/c1-19-26-20(15-21(33)27(19)36)30(4)12-14-32(6)24-17-28(2,18-25(34)35)9-10-29(24,3)11-13-31(32,5)23(30)16-22(26)40(37,38-7)39-8/h15-16,22,24,33,36H,9-14,17-18H2,1-8H3,(H,34,35)/t22?,24-,28-,29-,30+,31-,32+/m1/s1. The number of aliphatic carboxylic acids is 1. The molecule has 5 rings (SSSR count). The van der Waals surface area contributed by atoms with Crippen molar-refractivity contribution in [1.82, 2.24) is 0 Å². The Morgan fingerprint density at radius 2 is 1.62 bits per heavy atom. The molecule has 3 saturated carbocycles. The lowest BCUT2D eigenvalue weighted by molar-refractivity contribution is -0.165. The average Bonchev–Trinajstić information content (AvgIpc) is 2.89. The highest BCUT2D eigenvalue weighted by Gasteiger charge is 2.67. The van der Waals surface area contributed by atoms with E-state index in [1.807, 2.05) is 0 Å². The number of benzene rings is 1. The van der Waals surface area contributed by atoms with Crippen molar-refractivity contribution in [2.45, 2.75) is 104 Å². The minimum absolute atomic E-state index is 0.105. The molecule has 222 valence electrons. The van der Waals surface area contributed by atoms with Crippen LogP contribution in [-0.2, 0) is 23.8 Å². The van der Waals surface area contributed by atoms with E-state index in [4.69, 9.17) is 9.05 Å². The molecule has 0 saturated heterocycles. The molecule has 8 heteroatoms. The van der Waals surface area contributed by atoms with Gasteiger partial charge < -0.3 is 24.4 Å². The first-order valence-corrected chi connectivity index (χ1v) is 16.3. The van der Waals surface area contributed by atoms with Gasteiger partial charge in [-0.15, -0.1) is 0 Å². The predicted octanol–water partition coefficient (Wildman–Crippen LogP) is 8.02. The molecule has 7 atom stereocenters. The van der Waals surface area contributed by atoms with Gasteiger partial charge in [0.2, 0.25) is 0 Å². The van der Waals surface area contributed by atoms with Gasteiger partial charge in [-0.2, -0.15) is 0 Å².